The van der Waals surface area contributed by atoms with Crippen LogP contribution in [-0.4, -0.2) is 37.4 Å². The van der Waals surface area contributed by atoms with E-state index in [9.17, 15) is 23.1 Å². The van der Waals surface area contributed by atoms with Crippen LogP contribution in [0, 0.1) is 0 Å². The summed E-state index contributed by atoms with van der Waals surface area (Å²) in [6, 6.07) is 3.25. The summed E-state index contributed by atoms with van der Waals surface area (Å²) in [6.07, 6.45) is -5.02. The van der Waals surface area contributed by atoms with Crippen LogP contribution in [0.5, 0.6) is 0 Å². The number of methoxy groups -OCH3 is 1. The van der Waals surface area contributed by atoms with Crippen molar-refractivity contribution in [2.45, 2.75) is 18.7 Å². The minimum absolute atomic E-state index is 0.0910. The van der Waals surface area contributed by atoms with Crippen molar-refractivity contribution < 1.29 is 27.8 Å². The lowest BCUT2D eigenvalue weighted by Crippen LogP contribution is -2.28. The van der Waals surface area contributed by atoms with Gasteiger partial charge in [0.05, 0.1) is 18.3 Å². The van der Waals surface area contributed by atoms with E-state index in [1.54, 1.807) is 0 Å². The van der Waals surface area contributed by atoms with Gasteiger partial charge >= 0.3 is 6.18 Å². The van der Waals surface area contributed by atoms with E-state index in [0.717, 1.165) is 6.07 Å². The normalized spacial score (nSPS) is 13.0. The highest BCUT2D eigenvalue weighted by atomic mass is 79.9. The number of carbonyl (C=O) groups excluding carboxylic acids is 1. The number of ether oxygens (including phenoxy) is 1. The van der Waals surface area contributed by atoms with E-state index >= 15 is 0 Å². The number of alkyl halides is 3. The molecule has 0 heterocycles. The third kappa shape index (κ3) is 5.64. The third-order valence-electron chi connectivity index (χ3n) is 2.66. The number of benzene rings is 1. The Kier molecular flexibility index (Phi) is 6.63. The van der Waals surface area contributed by atoms with Crippen LogP contribution in [0.4, 0.5) is 13.2 Å². The zero-order valence-electron chi connectivity index (χ0n) is 11.2. The Balaban J connectivity index is 2.67. The van der Waals surface area contributed by atoms with Gasteiger partial charge in [-0.25, -0.2) is 0 Å². The molecule has 0 bridgehead atoms. The number of aliphatic hydroxyl groups excluding tert-OH is 1. The fourth-order valence-corrected chi connectivity index (χ4v) is 2.09. The number of hydrogen-bond donors (Lipinski definition) is 2. The largest absolute Gasteiger partial charge is 0.417 e. The fraction of sp³-hybridized carbons (Fsp3) is 0.462. The van der Waals surface area contributed by atoms with Crippen molar-refractivity contribution in [3.05, 3.63) is 33.8 Å². The summed E-state index contributed by atoms with van der Waals surface area (Å²) in [6.45, 7) is 0.271. The second-order valence-corrected chi connectivity index (χ2v) is 5.20. The molecule has 0 saturated heterocycles. The van der Waals surface area contributed by atoms with Crippen LogP contribution in [0.1, 0.15) is 22.3 Å². The lowest BCUT2D eigenvalue weighted by molar-refractivity contribution is -0.138. The molecule has 0 radical (unpaired) electrons. The van der Waals surface area contributed by atoms with E-state index in [2.05, 4.69) is 21.2 Å². The van der Waals surface area contributed by atoms with Gasteiger partial charge in [-0.2, -0.15) is 13.2 Å². The molecule has 0 fully saturated rings. The van der Waals surface area contributed by atoms with Crippen LogP contribution in [0.25, 0.3) is 0 Å². The Bertz CT molecular complexity index is 494. The number of nitrogens with one attached hydrogen (secondary N) is 1. The van der Waals surface area contributed by atoms with Crippen LogP contribution in [0.3, 0.4) is 0 Å². The number of amides is 1. The smallest absolute Gasteiger partial charge is 0.391 e. The van der Waals surface area contributed by atoms with Crippen molar-refractivity contribution in [3.63, 3.8) is 0 Å². The quantitative estimate of drug-likeness (QED) is 0.810. The van der Waals surface area contributed by atoms with Gasteiger partial charge in [-0.05, 0) is 24.6 Å². The van der Waals surface area contributed by atoms with Crippen LogP contribution >= 0.6 is 15.9 Å². The molecule has 0 saturated carbocycles. The molecule has 0 aliphatic carbocycles. The third-order valence-corrected chi connectivity index (χ3v) is 3.35. The zero-order chi connectivity index (χ0) is 16.0. The first-order chi connectivity index (χ1) is 9.75. The van der Waals surface area contributed by atoms with E-state index in [0.29, 0.717) is 0 Å². The summed E-state index contributed by atoms with van der Waals surface area (Å²) in [4.78, 5) is 11.8. The molecule has 0 aliphatic heterocycles. The average Bonchev–Trinajstić information content (AvgIpc) is 2.38. The Labute approximate surface area is 128 Å². The summed E-state index contributed by atoms with van der Waals surface area (Å²) in [5.74, 6) is -0.627. The van der Waals surface area contributed by atoms with Gasteiger partial charge in [-0.1, -0.05) is 15.9 Å². The van der Waals surface area contributed by atoms with Gasteiger partial charge in [0.25, 0.3) is 5.91 Å². The zero-order valence-corrected chi connectivity index (χ0v) is 12.8. The Morgan fingerprint density at radius 3 is 2.71 bits per heavy atom. The van der Waals surface area contributed by atoms with Gasteiger partial charge < -0.3 is 15.2 Å². The maximum absolute atomic E-state index is 12.7. The summed E-state index contributed by atoms with van der Waals surface area (Å²) >= 11 is 2.81. The van der Waals surface area contributed by atoms with Crippen molar-refractivity contribution >= 4 is 21.8 Å². The molecule has 1 unspecified atom stereocenters. The number of carbonyl (C=O) groups is 1. The molecule has 118 valence electrons. The highest BCUT2D eigenvalue weighted by molar-refractivity contribution is 9.10. The van der Waals surface area contributed by atoms with Crippen LogP contribution in [-0.2, 0) is 10.9 Å². The molecular formula is C13H15BrF3NO3. The summed E-state index contributed by atoms with van der Waals surface area (Å²) in [5.41, 5.74) is -0.999. The second-order valence-electron chi connectivity index (χ2n) is 4.35. The lowest BCUT2D eigenvalue weighted by Gasteiger charge is -2.12. The Morgan fingerprint density at radius 1 is 1.48 bits per heavy atom. The molecule has 0 aliphatic rings. The molecule has 21 heavy (non-hydrogen) atoms. The van der Waals surface area contributed by atoms with E-state index in [1.807, 2.05) is 0 Å². The van der Waals surface area contributed by atoms with Gasteiger partial charge in [0.1, 0.15) is 0 Å². The minimum Gasteiger partial charge on any atom is -0.391 e. The predicted molar refractivity (Wildman–Crippen MR) is 74.0 cm³/mol. The average molecular weight is 370 g/mol. The molecule has 1 rings (SSSR count). The molecule has 2 N–H and O–H groups in total. The molecule has 1 atom stereocenters. The number of hydrogen-bond acceptors (Lipinski definition) is 3. The minimum atomic E-state index is -4.54. The SMILES string of the molecule is COCC(O)CCNC(=O)c1ccc(Br)c(C(F)(F)F)c1. The molecule has 0 aromatic heterocycles. The standard InChI is InChI=1S/C13H15BrF3NO3/c1-21-7-9(19)4-5-18-12(20)8-2-3-11(14)10(6-8)13(15,16)17/h2-3,6,9,19H,4-5,7H2,1H3,(H,18,20). The monoisotopic (exact) mass is 369 g/mol. The van der Waals surface area contributed by atoms with Crippen molar-refractivity contribution in [1.82, 2.24) is 5.32 Å². The molecule has 8 heteroatoms. The van der Waals surface area contributed by atoms with Gasteiger partial charge in [-0.15, -0.1) is 0 Å². The number of rotatable bonds is 6. The predicted octanol–water partition coefficient (Wildman–Crippen LogP) is 2.60. The molecular weight excluding hydrogens is 355 g/mol. The van der Waals surface area contributed by atoms with E-state index < -0.39 is 23.8 Å². The summed E-state index contributed by atoms with van der Waals surface area (Å²) in [7, 11) is 1.43. The van der Waals surface area contributed by atoms with Crippen molar-refractivity contribution in [2.75, 3.05) is 20.3 Å². The van der Waals surface area contributed by atoms with Gasteiger partial charge in [0.2, 0.25) is 0 Å². The van der Waals surface area contributed by atoms with Gasteiger partial charge in [0, 0.05) is 23.7 Å². The summed E-state index contributed by atoms with van der Waals surface area (Å²) < 4.78 is 42.8. The van der Waals surface area contributed by atoms with Gasteiger partial charge in [-0.3, -0.25) is 4.79 Å². The molecule has 4 nitrogen and oxygen atoms in total. The van der Waals surface area contributed by atoms with Crippen molar-refractivity contribution in [2.24, 2.45) is 0 Å². The Hall–Kier alpha value is -1.12. The number of aliphatic hydroxyl groups is 1. The molecule has 0 spiro atoms. The van der Waals surface area contributed by atoms with Crippen LogP contribution < -0.4 is 5.32 Å². The highest BCUT2D eigenvalue weighted by Gasteiger charge is 2.33. The number of halogens is 4. The maximum Gasteiger partial charge on any atom is 0.417 e. The first-order valence-corrected chi connectivity index (χ1v) is 6.87. The van der Waals surface area contributed by atoms with E-state index in [-0.39, 0.29) is 29.6 Å². The first kappa shape index (κ1) is 17.9. The highest BCUT2D eigenvalue weighted by Crippen LogP contribution is 2.35. The maximum atomic E-state index is 12.7. The Morgan fingerprint density at radius 2 is 2.14 bits per heavy atom. The fourth-order valence-electron chi connectivity index (χ4n) is 1.61. The van der Waals surface area contributed by atoms with Gasteiger partial charge in [0.15, 0.2) is 0 Å². The lowest BCUT2D eigenvalue weighted by atomic mass is 10.1. The first-order valence-electron chi connectivity index (χ1n) is 6.07. The van der Waals surface area contributed by atoms with E-state index in [4.69, 9.17) is 4.74 Å². The van der Waals surface area contributed by atoms with E-state index in [1.165, 1.54) is 19.2 Å². The second kappa shape index (κ2) is 7.77. The topological polar surface area (TPSA) is 58.6 Å². The van der Waals surface area contributed by atoms with Crippen LogP contribution in [0.15, 0.2) is 22.7 Å². The molecule has 1 amide bonds. The van der Waals surface area contributed by atoms with Crippen molar-refractivity contribution in [3.8, 4) is 0 Å². The molecule has 1 aromatic rings. The molecule has 1 aromatic carbocycles. The van der Waals surface area contributed by atoms with Crippen molar-refractivity contribution in [1.29, 1.82) is 0 Å². The van der Waals surface area contributed by atoms with Crippen LogP contribution in [0.2, 0.25) is 0 Å². The summed E-state index contributed by atoms with van der Waals surface area (Å²) in [5, 5.41) is 11.8.